The molecule has 0 bridgehead atoms. The van der Waals surface area contributed by atoms with Crippen molar-refractivity contribution < 1.29 is 19.8 Å². The lowest BCUT2D eigenvalue weighted by atomic mass is 9.80. The molecule has 1 unspecified atom stereocenters. The van der Waals surface area contributed by atoms with E-state index in [1.54, 1.807) is 6.08 Å². The predicted octanol–water partition coefficient (Wildman–Crippen LogP) is 3.19. The number of carboxylic acids is 1. The van der Waals surface area contributed by atoms with Crippen LogP contribution in [0.4, 0.5) is 0 Å². The van der Waals surface area contributed by atoms with Crippen LogP contribution in [0.5, 0.6) is 0 Å². The monoisotopic (exact) mass is 296 g/mol. The summed E-state index contributed by atoms with van der Waals surface area (Å²) < 4.78 is 0. The number of aliphatic carboxylic acids is 1. The van der Waals surface area contributed by atoms with Crippen molar-refractivity contribution in [2.45, 2.75) is 65.4 Å². The first-order valence-electron chi connectivity index (χ1n) is 7.89. The van der Waals surface area contributed by atoms with Gasteiger partial charge >= 0.3 is 5.97 Å². The molecule has 1 saturated carbocycles. The van der Waals surface area contributed by atoms with Gasteiger partial charge < -0.3 is 10.2 Å². The molecule has 0 spiro atoms. The number of Topliss-reactive ketones (excluding diaryl/α,β-unsaturated/α-hetero) is 1. The number of hydrogen-bond acceptors (Lipinski definition) is 3. The minimum atomic E-state index is -0.933. The first kappa shape index (κ1) is 17.9. The Morgan fingerprint density at radius 2 is 2.14 bits per heavy atom. The van der Waals surface area contributed by atoms with Gasteiger partial charge in [0.25, 0.3) is 0 Å². The number of hydrogen-bond donors (Lipinski definition) is 2. The van der Waals surface area contributed by atoms with Gasteiger partial charge in [0.1, 0.15) is 5.78 Å². The van der Waals surface area contributed by atoms with Gasteiger partial charge in [-0.2, -0.15) is 0 Å². The number of aliphatic hydroxyl groups is 1. The minimum Gasteiger partial charge on any atom is -0.481 e. The molecule has 3 atom stereocenters. The minimum absolute atomic E-state index is 0.0341. The molecule has 1 fully saturated rings. The Morgan fingerprint density at radius 3 is 2.71 bits per heavy atom. The molecule has 0 aromatic rings. The van der Waals surface area contributed by atoms with Gasteiger partial charge in [-0.15, -0.1) is 0 Å². The van der Waals surface area contributed by atoms with Crippen molar-refractivity contribution in [2.24, 2.45) is 17.3 Å². The molecule has 1 aliphatic carbocycles. The number of carbonyl (C=O) groups is 2. The van der Waals surface area contributed by atoms with E-state index in [2.05, 4.69) is 6.92 Å². The van der Waals surface area contributed by atoms with Gasteiger partial charge in [0.05, 0.1) is 12.5 Å². The molecule has 0 aromatic carbocycles. The highest BCUT2D eigenvalue weighted by Gasteiger charge is 2.35. The summed E-state index contributed by atoms with van der Waals surface area (Å²) in [6, 6.07) is 0. The molecule has 0 aliphatic heterocycles. The molecule has 0 heterocycles. The summed E-state index contributed by atoms with van der Waals surface area (Å²) in [7, 11) is 0. The van der Waals surface area contributed by atoms with Crippen LogP contribution < -0.4 is 0 Å². The lowest BCUT2D eigenvalue weighted by Crippen LogP contribution is -2.27. The lowest BCUT2D eigenvalue weighted by Gasteiger charge is -2.29. The molecule has 4 heteroatoms. The number of ketones is 1. The van der Waals surface area contributed by atoms with E-state index in [0.29, 0.717) is 12.8 Å². The summed E-state index contributed by atoms with van der Waals surface area (Å²) in [5.74, 6) is -1.38. The van der Waals surface area contributed by atoms with Crippen LogP contribution in [0, 0.1) is 17.3 Å². The predicted molar refractivity (Wildman–Crippen MR) is 81.9 cm³/mol. The molecule has 21 heavy (non-hydrogen) atoms. The van der Waals surface area contributed by atoms with Gasteiger partial charge in [-0.05, 0) is 24.2 Å². The molecule has 2 N–H and O–H groups in total. The van der Waals surface area contributed by atoms with Crippen LogP contribution in [0.2, 0.25) is 0 Å². The largest absolute Gasteiger partial charge is 0.481 e. The van der Waals surface area contributed by atoms with E-state index in [1.807, 2.05) is 19.9 Å². The fraction of sp³-hybridized carbons (Fsp3) is 0.765. The van der Waals surface area contributed by atoms with E-state index in [-0.39, 0.29) is 23.5 Å². The Kier molecular flexibility index (Phi) is 6.59. The van der Waals surface area contributed by atoms with Crippen molar-refractivity contribution in [3.8, 4) is 0 Å². The van der Waals surface area contributed by atoms with Gasteiger partial charge in [-0.3, -0.25) is 9.59 Å². The van der Waals surface area contributed by atoms with E-state index in [0.717, 1.165) is 19.3 Å². The number of carboxylic acid groups (broad SMARTS) is 1. The SMILES string of the molecule is CCCCC(C)(C)C(O)C=C[C@@H]1CCC(=O)[C@H]1CC(=O)O. The second-order valence-electron chi connectivity index (χ2n) is 6.80. The first-order chi connectivity index (χ1) is 9.77. The van der Waals surface area contributed by atoms with Gasteiger partial charge in [0.15, 0.2) is 0 Å². The second kappa shape index (κ2) is 7.74. The van der Waals surface area contributed by atoms with Crippen LogP contribution in [-0.2, 0) is 9.59 Å². The number of allylic oxidation sites excluding steroid dienone is 1. The standard InChI is InChI=1S/C17H28O4/c1-4-5-10-17(2,3)15(19)9-7-12-6-8-14(18)13(12)11-16(20)21/h7,9,12-13,15,19H,4-6,8,10-11H2,1-3H3,(H,20,21)/t12-,13-,15?/m0/s1. The summed E-state index contributed by atoms with van der Waals surface area (Å²) in [6.07, 6.45) is 7.19. The van der Waals surface area contributed by atoms with Crippen molar-refractivity contribution in [3.63, 3.8) is 0 Å². The number of carbonyl (C=O) groups excluding carboxylic acids is 1. The normalized spacial score (nSPS) is 24.7. The molecule has 1 rings (SSSR count). The molecule has 0 saturated heterocycles. The van der Waals surface area contributed by atoms with Crippen LogP contribution in [0.15, 0.2) is 12.2 Å². The molecule has 0 radical (unpaired) electrons. The van der Waals surface area contributed by atoms with E-state index >= 15 is 0 Å². The zero-order chi connectivity index (χ0) is 16.0. The van der Waals surface area contributed by atoms with Crippen molar-refractivity contribution in [3.05, 3.63) is 12.2 Å². The van der Waals surface area contributed by atoms with Gasteiger partial charge in [-0.1, -0.05) is 45.8 Å². The number of aliphatic hydroxyl groups excluding tert-OH is 1. The maximum Gasteiger partial charge on any atom is 0.304 e. The summed E-state index contributed by atoms with van der Waals surface area (Å²) in [5, 5.41) is 19.2. The molecule has 4 nitrogen and oxygen atoms in total. The third kappa shape index (κ3) is 5.27. The van der Waals surface area contributed by atoms with Crippen molar-refractivity contribution in [1.82, 2.24) is 0 Å². The summed E-state index contributed by atoms with van der Waals surface area (Å²) >= 11 is 0. The first-order valence-corrected chi connectivity index (χ1v) is 7.89. The third-order valence-electron chi connectivity index (χ3n) is 4.56. The highest BCUT2D eigenvalue weighted by molar-refractivity contribution is 5.87. The number of rotatable bonds is 8. The van der Waals surface area contributed by atoms with E-state index in [4.69, 9.17) is 5.11 Å². The molecular weight excluding hydrogens is 268 g/mol. The van der Waals surface area contributed by atoms with Crippen LogP contribution in [0.1, 0.15) is 59.3 Å². The van der Waals surface area contributed by atoms with Crippen molar-refractivity contribution >= 4 is 11.8 Å². The quantitative estimate of drug-likeness (QED) is 0.675. The van der Waals surface area contributed by atoms with Crippen LogP contribution in [-0.4, -0.2) is 28.1 Å². The Hall–Kier alpha value is -1.16. The lowest BCUT2D eigenvalue weighted by molar-refractivity contribution is -0.140. The average molecular weight is 296 g/mol. The maximum absolute atomic E-state index is 11.7. The molecule has 120 valence electrons. The Balaban J connectivity index is 2.65. The van der Waals surface area contributed by atoms with Crippen molar-refractivity contribution in [2.75, 3.05) is 0 Å². The maximum atomic E-state index is 11.7. The fourth-order valence-corrected chi connectivity index (χ4v) is 2.91. The average Bonchev–Trinajstić information content (AvgIpc) is 2.74. The van der Waals surface area contributed by atoms with Crippen LogP contribution >= 0.6 is 0 Å². The van der Waals surface area contributed by atoms with Crippen LogP contribution in [0.25, 0.3) is 0 Å². The third-order valence-corrected chi connectivity index (χ3v) is 4.56. The zero-order valence-corrected chi connectivity index (χ0v) is 13.3. The molecule has 1 aliphatic rings. The zero-order valence-electron chi connectivity index (χ0n) is 13.3. The summed E-state index contributed by atoms with van der Waals surface area (Å²) in [4.78, 5) is 22.6. The summed E-state index contributed by atoms with van der Waals surface area (Å²) in [5.41, 5.74) is -0.197. The van der Waals surface area contributed by atoms with Crippen LogP contribution in [0.3, 0.4) is 0 Å². The van der Waals surface area contributed by atoms with Gasteiger partial charge in [0, 0.05) is 12.3 Å². The number of unbranched alkanes of at least 4 members (excludes halogenated alkanes) is 1. The van der Waals surface area contributed by atoms with Gasteiger partial charge in [0.2, 0.25) is 0 Å². The smallest absolute Gasteiger partial charge is 0.304 e. The Morgan fingerprint density at radius 1 is 1.48 bits per heavy atom. The van der Waals surface area contributed by atoms with Crippen molar-refractivity contribution in [1.29, 1.82) is 0 Å². The fourth-order valence-electron chi connectivity index (χ4n) is 2.91. The van der Waals surface area contributed by atoms with E-state index < -0.39 is 18.0 Å². The van der Waals surface area contributed by atoms with Gasteiger partial charge in [-0.25, -0.2) is 0 Å². The second-order valence-corrected chi connectivity index (χ2v) is 6.80. The molecular formula is C17H28O4. The molecule has 0 amide bonds. The summed E-state index contributed by atoms with van der Waals surface area (Å²) in [6.45, 7) is 6.19. The highest BCUT2D eigenvalue weighted by atomic mass is 16.4. The van der Waals surface area contributed by atoms with E-state index in [1.165, 1.54) is 0 Å². The van der Waals surface area contributed by atoms with E-state index in [9.17, 15) is 14.7 Å². The highest BCUT2D eigenvalue weighted by Crippen LogP contribution is 2.34. The Bertz CT molecular complexity index is 398. The topological polar surface area (TPSA) is 74.6 Å². The Labute approximate surface area is 127 Å². The molecule has 0 aromatic heterocycles.